The van der Waals surface area contributed by atoms with Crippen LogP contribution in [0.15, 0.2) is 0 Å². The molecule has 0 nitrogen and oxygen atoms in total. The lowest BCUT2D eigenvalue weighted by atomic mass is 9.50. The van der Waals surface area contributed by atoms with Crippen molar-refractivity contribution < 1.29 is 0 Å². The van der Waals surface area contributed by atoms with Crippen LogP contribution in [0.4, 0.5) is 0 Å². The topological polar surface area (TPSA) is 0 Å². The van der Waals surface area contributed by atoms with Crippen molar-refractivity contribution >= 4 is 7.28 Å². The summed E-state index contributed by atoms with van der Waals surface area (Å²) in [6.45, 7) is 2.47. The first-order valence-corrected chi connectivity index (χ1v) is 10.2. The van der Waals surface area contributed by atoms with Crippen LogP contribution in [0.25, 0.3) is 0 Å². The number of rotatable bonds is 2. The van der Waals surface area contributed by atoms with E-state index in [4.69, 9.17) is 0 Å². The van der Waals surface area contributed by atoms with Crippen LogP contribution in [0.3, 0.4) is 0 Å². The molecule has 0 aromatic rings. The molecule has 2 fully saturated rings. The van der Waals surface area contributed by atoms with E-state index in [0.29, 0.717) is 0 Å². The molecule has 0 aromatic carbocycles. The summed E-state index contributed by atoms with van der Waals surface area (Å²) in [5.74, 6) is 2.88. The van der Waals surface area contributed by atoms with Crippen LogP contribution in [-0.2, 0) is 0 Å². The van der Waals surface area contributed by atoms with Gasteiger partial charge in [0.15, 0.2) is 0 Å². The smallest absolute Gasteiger partial charge is 0.0686 e. The fourth-order valence-electron chi connectivity index (χ4n) is 4.53. The minimum atomic E-state index is 0.945. The molecule has 2 unspecified atom stereocenters. The molecule has 0 heterocycles. The maximum Gasteiger partial charge on any atom is 0.117 e. The van der Waals surface area contributed by atoms with Gasteiger partial charge in [-0.2, -0.15) is 0 Å². The van der Waals surface area contributed by atoms with Gasteiger partial charge in [-0.25, -0.2) is 0 Å². The van der Waals surface area contributed by atoms with Crippen molar-refractivity contribution in [1.82, 2.24) is 0 Å². The van der Waals surface area contributed by atoms with Gasteiger partial charge in [-0.15, -0.1) is 0 Å². The zero-order valence-corrected chi connectivity index (χ0v) is 14.6. The summed E-state index contributed by atoms with van der Waals surface area (Å²) in [7, 11) is 2.83. The molecular weight excluding hydrogens is 251 g/mol. The van der Waals surface area contributed by atoms with E-state index in [1.807, 2.05) is 0 Å². The van der Waals surface area contributed by atoms with Crippen molar-refractivity contribution in [2.45, 2.75) is 121 Å². The molecular formula is C20H38B. The Morgan fingerprint density at radius 2 is 0.857 bits per heavy atom. The van der Waals surface area contributed by atoms with Crippen molar-refractivity contribution in [3.05, 3.63) is 0 Å². The molecule has 2 atom stereocenters. The largest absolute Gasteiger partial charge is 0.117 e. The lowest BCUT2D eigenvalue weighted by Crippen LogP contribution is -2.13. The Kier molecular flexibility index (Phi) is 8.90. The van der Waals surface area contributed by atoms with E-state index in [1.165, 1.54) is 103 Å². The molecule has 2 aliphatic rings. The summed E-state index contributed by atoms with van der Waals surface area (Å²) in [5, 5.41) is 0. The first-order chi connectivity index (χ1) is 10.3. The Balaban J connectivity index is 1.76. The highest BCUT2D eigenvalue weighted by Gasteiger charge is 2.19. The van der Waals surface area contributed by atoms with E-state index in [1.54, 1.807) is 0 Å². The normalized spacial score (nSPS) is 31.7. The minimum Gasteiger partial charge on any atom is -0.0686 e. The highest BCUT2D eigenvalue weighted by Crippen LogP contribution is 2.34. The second kappa shape index (κ2) is 10.7. The van der Waals surface area contributed by atoms with Gasteiger partial charge in [0.2, 0.25) is 0 Å². The monoisotopic (exact) mass is 289 g/mol. The molecule has 0 saturated heterocycles. The molecule has 2 aliphatic carbocycles. The summed E-state index contributed by atoms with van der Waals surface area (Å²) in [6.07, 6.45) is 23.8. The zero-order valence-electron chi connectivity index (χ0n) is 14.6. The lowest BCUT2D eigenvalue weighted by Gasteiger charge is -2.24. The van der Waals surface area contributed by atoms with E-state index >= 15 is 0 Å². The molecule has 0 spiro atoms. The minimum absolute atomic E-state index is 0.945. The van der Waals surface area contributed by atoms with Gasteiger partial charge >= 0.3 is 0 Å². The van der Waals surface area contributed by atoms with Crippen LogP contribution in [-0.4, -0.2) is 7.28 Å². The van der Waals surface area contributed by atoms with Gasteiger partial charge < -0.3 is 0 Å². The van der Waals surface area contributed by atoms with Gasteiger partial charge in [0.25, 0.3) is 0 Å². The first-order valence-electron chi connectivity index (χ1n) is 10.2. The third-order valence-corrected chi connectivity index (χ3v) is 5.99. The predicted molar refractivity (Wildman–Crippen MR) is 96.3 cm³/mol. The van der Waals surface area contributed by atoms with E-state index in [9.17, 15) is 0 Å². The molecule has 2 rings (SSSR count). The van der Waals surface area contributed by atoms with Crippen molar-refractivity contribution in [3.63, 3.8) is 0 Å². The maximum atomic E-state index is 2.83. The number of hydrogen-bond acceptors (Lipinski definition) is 0. The maximum absolute atomic E-state index is 2.83. The molecule has 121 valence electrons. The molecule has 0 aliphatic heterocycles. The van der Waals surface area contributed by atoms with Crippen molar-refractivity contribution in [1.29, 1.82) is 0 Å². The van der Waals surface area contributed by atoms with Gasteiger partial charge in [-0.05, 0) is 5.92 Å². The summed E-state index contributed by atoms with van der Waals surface area (Å²) in [6, 6.07) is 0. The highest BCUT2D eigenvalue weighted by atomic mass is 14.2. The lowest BCUT2D eigenvalue weighted by molar-refractivity contribution is 0.412. The van der Waals surface area contributed by atoms with Crippen LogP contribution in [0.2, 0.25) is 11.6 Å². The van der Waals surface area contributed by atoms with Crippen LogP contribution < -0.4 is 0 Å². The van der Waals surface area contributed by atoms with Gasteiger partial charge in [-0.1, -0.05) is 121 Å². The summed E-state index contributed by atoms with van der Waals surface area (Å²) < 4.78 is 0. The molecule has 1 radical (unpaired) electrons. The SMILES string of the molecule is CC1CCCCCC([B]C2CCCCCCCC2)CCC1. The van der Waals surface area contributed by atoms with E-state index in [2.05, 4.69) is 14.2 Å². The van der Waals surface area contributed by atoms with Gasteiger partial charge in [0.05, 0.1) is 0 Å². The van der Waals surface area contributed by atoms with Crippen molar-refractivity contribution in [2.75, 3.05) is 0 Å². The number of hydrogen-bond donors (Lipinski definition) is 0. The molecule has 1 heteroatoms. The average Bonchev–Trinajstić information content (AvgIpc) is 2.60. The molecule has 0 bridgehead atoms. The molecule has 0 N–H and O–H groups in total. The van der Waals surface area contributed by atoms with Crippen LogP contribution in [0.5, 0.6) is 0 Å². The third kappa shape index (κ3) is 7.75. The Morgan fingerprint density at radius 1 is 0.476 bits per heavy atom. The second-order valence-corrected chi connectivity index (χ2v) is 8.09. The summed E-state index contributed by atoms with van der Waals surface area (Å²) in [5.41, 5.74) is 0. The molecule has 2 saturated carbocycles. The third-order valence-electron chi connectivity index (χ3n) is 5.99. The van der Waals surface area contributed by atoms with Crippen LogP contribution >= 0.6 is 0 Å². The Morgan fingerprint density at radius 3 is 1.48 bits per heavy atom. The summed E-state index contributed by atoms with van der Waals surface area (Å²) in [4.78, 5) is 0. The second-order valence-electron chi connectivity index (χ2n) is 8.09. The molecule has 0 aromatic heterocycles. The predicted octanol–water partition coefficient (Wildman–Crippen LogP) is 7.17. The Bertz CT molecular complexity index is 240. The Labute approximate surface area is 135 Å². The highest BCUT2D eigenvalue weighted by molar-refractivity contribution is 6.39. The standard InChI is InChI=1S/C20H38B/c1-18-12-7-6-10-16-20(17-11-13-18)21-19-14-8-4-2-3-5-9-15-19/h18-20H,2-17H2,1H3. The van der Waals surface area contributed by atoms with Gasteiger partial charge in [0, 0.05) is 0 Å². The van der Waals surface area contributed by atoms with Gasteiger partial charge in [0.1, 0.15) is 7.28 Å². The van der Waals surface area contributed by atoms with E-state index < -0.39 is 0 Å². The van der Waals surface area contributed by atoms with E-state index in [-0.39, 0.29) is 0 Å². The van der Waals surface area contributed by atoms with Crippen LogP contribution in [0, 0.1) is 5.92 Å². The van der Waals surface area contributed by atoms with Gasteiger partial charge in [-0.3, -0.25) is 0 Å². The first kappa shape index (κ1) is 17.4. The van der Waals surface area contributed by atoms with Crippen molar-refractivity contribution in [3.8, 4) is 0 Å². The fourth-order valence-corrected chi connectivity index (χ4v) is 4.53. The van der Waals surface area contributed by atoms with E-state index in [0.717, 1.165) is 17.6 Å². The quantitative estimate of drug-likeness (QED) is 0.472. The molecule has 21 heavy (non-hydrogen) atoms. The fraction of sp³-hybridized carbons (Fsp3) is 1.00. The zero-order chi connectivity index (χ0) is 14.8. The van der Waals surface area contributed by atoms with Crippen LogP contribution in [0.1, 0.15) is 110 Å². The van der Waals surface area contributed by atoms with Crippen molar-refractivity contribution in [2.24, 2.45) is 5.92 Å². The average molecular weight is 289 g/mol. The molecule has 0 amide bonds. The summed E-state index contributed by atoms with van der Waals surface area (Å²) >= 11 is 0. The Hall–Kier alpha value is 0.0649.